The Kier molecular flexibility index (Phi) is 5.86. The van der Waals surface area contributed by atoms with Gasteiger partial charge in [0.1, 0.15) is 0 Å². The minimum atomic E-state index is -0.611. The van der Waals surface area contributed by atoms with Crippen LogP contribution in [0.5, 0.6) is 0 Å². The molecule has 0 spiro atoms. The van der Waals surface area contributed by atoms with E-state index in [1.165, 1.54) is 18.8 Å². The minimum absolute atomic E-state index is 0.124. The van der Waals surface area contributed by atoms with Crippen LogP contribution < -0.4 is 0 Å². The van der Waals surface area contributed by atoms with Crippen molar-refractivity contribution in [3.63, 3.8) is 0 Å². The number of nitrogens with zero attached hydrogens (tertiary/aromatic N) is 3. The molecule has 0 saturated heterocycles. The average molecular weight is 305 g/mol. The van der Waals surface area contributed by atoms with Crippen molar-refractivity contribution in [2.45, 2.75) is 52.0 Å². The van der Waals surface area contributed by atoms with Crippen molar-refractivity contribution in [2.75, 3.05) is 13.2 Å². The molecule has 0 bridgehead atoms. The fraction of sp³-hybridized carbons (Fsp3) is 0.625. The Morgan fingerprint density at radius 3 is 2.55 bits per heavy atom. The second-order valence-corrected chi connectivity index (χ2v) is 5.59. The van der Waals surface area contributed by atoms with E-state index in [2.05, 4.69) is 9.97 Å². The largest absolute Gasteiger partial charge is 0.451 e. The van der Waals surface area contributed by atoms with Crippen LogP contribution in [0, 0.1) is 6.92 Å². The summed E-state index contributed by atoms with van der Waals surface area (Å²) >= 11 is 0. The molecule has 0 radical (unpaired) electrons. The third-order valence-electron chi connectivity index (χ3n) is 3.99. The third kappa shape index (κ3) is 4.26. The van der Waals surface area contributed by atoms with Gasteiger partial charge in [0, 0.05) is 18.8 Å². The maximum atomic E-state index is 12.3. The van der Waals surface area contributed by atoms with Gasteiger partial charge in [-0.05, 0) is 26.7 Å². The Morgan fingerprint density at radius 1 is 1.23 bits per heavy atom. The van der Waals surface area contributed by atoms with Crippen LogP contribution in [0.15, 0.2) is 12.4 Å². The summed E-state index contributed by atoms with van der Waals surface area (Å²) in [4.78, 5) is 33.9. The highest BCUT2D eigenvalue weighted by Gasteiger charge is 2.25. The van der Waals surface area contributed by atoms with Gasteiger partial charge in [-0.25, -0.2) is 9.78 Å². The zero-order valence-corrected chi connectivity index (χ0v) is 13.2. The van der Waals surface area contributed by atoms with Gasteiger partial charge >= 0.3 is 5.97 Å². The number of amides is 1. The molecule has 22 heavy (non-hydrogen) atoms. The Hall–Kier alpha value is -1.98. The van der Waals surface area contributed by atoms with Crippen LogP contribution in [0.1, 0.15) is 55.2 Å². The highest BCUT2D eigenvalue weighted by atomic mass is 16.5. The summed E-state index contributed by atoms with van der Waals surface area (Å²) < 4.78 is 5.07. The van der Waals surface area contributed by atoms with Crippen molar-refractivity contribution in [1.82, 2.24) is 14.9 Å². The summed E-state index contributed by atoms with van der Waals surface area (Å²) in [7, 11) is 0. The standard InChI is InChI=1S/C16H23N3O3/c1-3-19(13-7-5-4-6-8-13)15(20)11-22-16(21)14-10-17-12(2)9-18-14/h9-10,13H,3-8,11H2,1-2H3. The number of hydrogen-bond acceptors (Lipinski definition) is 5. The number of rotatable bonds is 5. The molecule has 6 heteroatoms. The summed E-state index contributed by atoms with van der Waals surface area (Å²) in [6.07, 6.45) is 8.50. The first kappa shape index (κ1) is 16.4. The van der Waals surface area contributed by atoms with Crippen molar-refractivity contribution >= 4 is 11.9 Å². The van der Waals surface area contributed by atoms with Crippen molar-refractivity contribution in [3.8, 4) is 0 Å². The van der Waals surface area contributed by atoms with Crippen molar-refractivity contribution in [2.24, 2.45) is 0 Å². The molecule has 0 atom stereocenters. The summed E-state index contributed by atoms with van der Waals surface area (Å²) in [5.74, 6) is -0.747. The number of carbonyl (C=O) groups is 2. The molecule has 6 nitrogen and oxygen atoms in total. The molecule has 1 aromatic heterocycles. The molecule has 0 N–H and O–H groups in total. The Labute approximate surface area is 130 Å². The summed E-state index contributed by atoms with van der Waals surface area (Å²) in [5.41, 5.74) is 0.848. The SMILES string of the molecule is CCN(C(=O)COC(=O)c1cnc(C)cn1)C1CCCCC1. The van der Waals surface area contributed by atoms with Crippen molar-refractivity contribution in [3.05, 3.63) is 23.8 Å². The molecule has 120 valence electrons. The second-order valence-electron chi connectivity index (χ2n) is 5.59. The van der Waals surface area contributed by atoms with Gasteiger partial charge in [0.2, 0.25) is 0 Å². The van der Waals surface area contributed by atoms with E-state index in [1.54, 1.807) is 6.92 Å². The van der Waals surface area contributed by atoms with Gasteiger partial charge in [-0.1, -0.05) is 19.3 Å². The number of esters is 1. The van der Waals surface area contributed by atoms with Crippen LogP contribution in [0.4, 0.5) is 0 Å². The van der Waals surface area contributed by atoms with Crippen LogP contribution in [-0.4, -0.2) is 45.9 Å². The van der Waals surface area contributed by atoms with E-state index in [0.717, 1.165) is 31.4 Å². The smallest absolute Gasteiger partial charge is 0.359 e. The molecule has 1 amide bonds. The Balaban J connectivity index is 1.87. The number of hydrogen-bond donors (Lipinski definition) is 0. The molecular formula is C16H23N3O3. The van der Waals surface area contributed by atoms with Gasteiger partial charge in [-0.2, -0.15) is 0 Å². The quantitative estimate of drug-likeness (QED) is 0.779. The van der Waals surface area contributed by atoms with Crippen LogP contribution >= 0.6 is 0 Å². The van der Waals surface area contributed by atoms with Crippen molar-refractivity contribution < 1.29 is 14.3 Å². The Morgan fingerprint density at radius 2 is 1.95 bits per heavy atom. The first-order chi connectivity index (χ1) is 10.6. The lowest BCUT2D eigenvalue weighted by Crippen LogP contribution is -2.43. The number of carbonyl (C=O) groups excluding carboxylic acids is 2. The predicted molar refractivity (Wildman–Crippen MR) is 81.3 cm³/mol. The lowest BCUT2D eigenvalue weighted by Gasteiger charge is -2.33. The molecule has 1 aliphatic carbocycles. The normalized spacial score (nSPS) is 15.4. The van der Waals surface area contributed by atoms with E-state index < -0.39 is 5.97 Å². The van der Waals surface area contributed by atoms with Gasteiger partial charge < -0.3 is 9.64 Å². The number of likely N-dealkylation sites (N-methyl/N-ethyl adjacent to an activating group) is 1. The lowest BCUT2D eigenvalue weighted by atomic mass is 9.94. The fourth-order valence-corrected chi connectivity index (χ4v) is 2.81. The second kappa shape index (κ2) is 7.87. The average Bonchev–Trinajstić information content (AvgIpc) is 2.55. The molecule has 1 aromatic rings. The molecule has 1 aliphatic rings. The molecule has 2 rings (SSSR count). The third-order valence-corrected chi connectivity index (χ3v) is 3.99. The molecule has 1 heterocycles. The molecule has 1 fully saturated rings. The summed E-state index contributed by atoms with van der Waals surface area (Å²) in [6, 6.07) is 0.282. The van der Waals surface area contributed by atoms with Gasteiger partial charge in [0.25, 0.3) is 5.91 Å². The van der Waals surface area contributed by atoms with Crippen LogP contribution in [0.3, 0.4) is 0 Å². The number of aryl methyl sites for hydroxylation is 1. The fourth-order valence-electron chi connectivity index (χ4n) is 2.81. The maximum Gasteiger partial charge on any atom is 0.359 e. The van der Waals surface area contributed by atoms with Crippen LogP contribution in [0.25, 0.3) is 0 Å². The molecule has 0 aliphatic heterocycles. The molecule has 1 saturated carbocycles. The van der Waals surface area contributed by atoms with E-state index >= 15 is 0 Å². The Bertz CT molecular complexity index is 510. The van der Waals surface area contributed by atoms with Crippen LogP contribution in [0.2, 0.25) is 0 Å². The number of aromatic nitrogens is 2. The molecule has 0 unspecified atom stereocenters. The predicted octanol–water partition coefficient (Wildman–Crippen LogP) is 2.12. The monoisotopic (exact) mass is 305 g/mol. The first-order valence-corrected chi connectivity index (χ1v) is 7.87. The van der Waals surface area contributed by atoms with Gasteiger partial charge in [0.15, 0.2) is 12.3 Å². The van der Waals surface area contributed by atoms with Crippen molar-refractivity contribution in [1.29, 1.82) is 0 Å². The topological polar surface area (TPSA) is 72.4 Å². The van der Waals surface area contributed by atoms with Gasteiger partial charge in [-0.15, -0.1) is 0 Å². The number of ether oxygens (including phenoxy) is 1. The highest BCUT2D eigenvalue weighted by molar-refractivity contribution is 5.89. The molecular weight excluding hydrogens is 282 g/mol. The van der Waals surface area contributed by atoms with E-state index in [1.807, 2.05) is 11.8 Å². The highest BCUT2D eigenvalue weighted by Crippen LogP contribution is 2.22. The van der Waals surface area contributed by atoms with Gasteiger partial charge in [-0.3, -0.25) is 9.78 Å². The van der Waals surface area contributed by atoms with E-state index in [-0.39, 0.29) is 24.2 Å². The van der Waals surface area contributed by atoms with Gasteiger partial charge in [0.05, 0.1) is 11.9 Å². The summed E-state index contributed by atoms with van der Waals surface area (Å²) in [5, 5.41) is 0. The summed E-state index contributed by atoms with van der Waals surface area (Å²) in [6.45, 7) is 4.15. The minimum Gasteiger partial charge on any atom is -0.451 e. The zero-order valence-electron chi connectivity index (χ0n) is 13.2. The lowest BCUT2D eigenvalue weighted by molar-refractivity contribution is -0.137. The molecule has 0 aromatic carbocycles. The maximum absolute atomic E-state index is 12.3. The first-order valence-electron chi connectivity index (χ1n) is 7.87. The van der Waals surface area contributed by atoms with E-state index in [4.69, 9.17) is 4.74 Å². The van der Waals surface area contributed by atoms with E-state index in [9.17, 15) is 9.59 Å². The zero-order chi connectivity index (χ0) is 15.9. The van der Waals surface area contributed by atoms with E-state index in [0.29, 0.717) is 6.54 Å². The van der Waals surface area contributed by atoms with Crippen LogP contribution in [-0.2, 0) is 9.53 Å².